The van der Waals surface area contributed by atoms with Crippen LogP contribution in [0.5, 0.6) is 5.88 Å². The number of aromatic nitrogens is 2. The van der Waals surface area contributed by atoms with Crippen LogP contribution in [0.15, 0.2) is 6.20 Å². The summed E-state index contributed by atoms with van der Waals surface area (Å²) < 4.78 is 28.8. The van der Waals surface area contributed by atoms with E-state index < -0.39 is 13.0 Å². The molecule has 2 heterocycles. The van der Waals surface area contributed by atoms with Gasteiger partial charge in [0.25, 0.3) is 12.3 Å². The highest BCUT2D eigenvalue weighted by Gasteiger charge is 2.24. The molecule has 0 spiro atoms. The number of likely N-dealkylation sites (tertiary alicyclic amines) is 1. The first-order valence-electron chi connectivity index (χ1n) is 5.42. The summed E-state index contributed by atoms with van der Waals surface area (Å²) in [6.45, 7) is 0.638. The second kappa shape index (κ2) is 5.11. The van der Waals surface area contributed by atoms with Crippen molar-refractivity contribution in [3.05, 3.63) is 11.8 Å². The van der Waals surface area contributed by atoms with Gasteiger partial charge in [0.1, 0.15) is 5.56 Å². The van der Waals surface area contributed by atoms with E-state index in [9.17, 15) is 13.6 Å². The van der Waals surface area contributed by atoms with Crippen LogP contribution in [0.2, 0.25) is 0 Å². The van der Waals surface area contributed by atoms with Gasteiger partial charge < -0.3 is 9.64 Å². The number of amides is 1. The van der Waals surface area contributed by atoms with Crippen LogP contribution in [-0.2, 0) is 0 Å². The maximum absolute atomic E-state index is 12.0. The molecule has 1 aliphatic rings. The molecule has 1 saturated heterocycles. The molecule has 1 amide bonds. The smallest absolute Gasteiger partial charge is 0.272 e. The predicted molar refractivity (Wildman–Crippen MR) is 55.2 cm³/mol. The van der Waals surface area contributed by atoms with E-state index in [1.807, 2.05) is 0 Å². The van der Waals surface area contributed by atoms with Crippen molar-refractivity contribution in [1.82, 2.24) is 15.1 Å². The fourth-order valence-corrected chi connectivity index (χ4v) is 1.77. The Hall–Kier alpha value is -1.66. The van der Waals surface area contributed by atoms with E-state index in [1.54, 1.807) is 4.90 Å². The second-order valence-electron chi connectivity index (χ2n) is 3.81. The molecule has 0 radical (unpaired) electrons. The molecule has 0 aliphatic carbocycles. The highest BCUT2D eigenvalue weighted by Crippen LogP contribution is 2.19. The Morgan fingerprint density at radius 1 is 1.53 bits per heavy atom. The number of ether oxygens (including phenoxy) is 1. The number of aromatic amines is 1. The van der Waals surface area contributed by atoms with Crippen molar-refractivity contribution >= 4 is 5.91 Å². The quantitative estimate of drug-likeness (QED) is 0.869. The summed E-state index contributed by atoms with van der Waals surface area (Å²) in [4.78, 5) is 13.6. The molecule has 5 nitrogen and oxygen atoms in total. The maximum atomic E-state index is 12.0. The van der Waals surface area contributed by atoms with Gasteiger partial charge in [-0.1, -0.05) is 0 Å². The number of rotatable bonds is 4. The Morgan fingerprint density at radius 2 is 2.24 bits per heavy atom. The van der Waals surface area contributed by atoms with Crippen molar-refractivity contribution < 1.29 is 18.3 Å². The zero-order valence-electron chi connectivity index (χ0n) is 9.16. The Morgan fingerprint density at radius 3 is 2.88 bits per heavy atom. The first kappa shape index (κ1) is 11.8. The SMILES string of the molecule is O=C(c1cn[nH]c1OCC(F)F)N1CCCC1. The molecule has 7 heteroatoms. The molecule has 0 saturated carbocycles. The molecule has 1 aromatic rings. The van der Waals surface area contributed by atoms with Gasteiger partial charge in [-0.2, -0.15) is 5.10 Å². The van der Waals surface area contributed by atoms with Gasteiger partial charge in [-0.3, -0.25) is 4.79 Å². The van der Waals surface area contributed by atoms with E-state index in [0.29, 0.717) is 13.1 Å². The number of H-pyrrole nitrogens is 1. The van der Waals surface area contributed by atoms with Gasteiger partial charge in [0.05, 0.1) is 6.20 Å². The van der Waals surface area contributed by atoms with E-state index in [4.69, 9.17) is 4.74 Å². The average molecular weight is 245 g/mol. The van der Waals surface area contributed by atoms with Crippen molar-refractivity contribution in [3.8, 4) is 5.88 Å². The summed E-state index contributed by atoms with van der Waals surface area (Å²) in [5.74, 6) is -0.206. The minimum absolute atomic E-state index is 0.0159. The number of carbonyl (C=O) groups is 1. The molecule has 2 rings (SSSR count). The molecule has 1 aliphatic heterocycles. The highest BCUT2D eigenvalue weighted by molar-refractivity contribution is 5.96. The fraction of sp³-hybridized carbons (Fsp3) is 0.600. The fourth-order valence-electron chi connectivity index (χ4n) is 1.77. The largest absolute Gasteiger partial charge is 0.471 e. The third kappa shape index (κ3) is 2.72. The Labute approximate surface area is 96.7 Å². The van der Waals surface area contributed by atoms with Gasteiger partial charge in [-0.25, -0.2) is 13.9 Å². The monoisotopic (exact) mass is 245 g/mol. The zero-order chi connectivity index (χ0) is 12.3. The lowest BCUT2D eigenvalue weighted by atomic mass is 10.3. The van der Waals surface area contributed by atoms with Crippen LogP contribution in [0.3, 0.4) is 0 Å². The lowest BCUT2D eigenvalue weighted by Crippen LogP contribution is -2.27. The molecular formula is C10H13F2N3O2. The van der Waals surface area contributed by atoms with Crippen LogP contribution in [0.4, 0.5) is 8.78 Å². The summed E-state index contributed by atoms with van der Waals surface area (Å²) in [7, 11) is 0. The molecule has 17 heavy (non-hydrogen) atoms. The second-order valence-corrected chi connectivity index (χ2v) is 3.81. The van der Waals surface area contributed by atoms with Crippen molar-refractivity contribution in [3.63, 3.8) is 0 Å². The van der Waals surface area contributed by atoms with Crippen LogP contribution >= 0.6 is 0 Å². The van der Waals surface area contributed by atoms with Gasteiger partial charge in [-0.05, 0) is 12.8 Å². The molecular weight excluding hydrogens is 232 g/mol. The summed E-state index contributed by atoms with van der Waals surface area (Å²) in [5.41, 5.74) is 0.215. The molecule has 0 atom stereocenters. The van der Waals surface area contributed by atoms with Gasteiger partial charge in [-0.15, -0.1) is 0 Å². The Kier molecular flexibility index (Phi) is 3.55. The Balaban J connectivity index is 2.04. The summed E-state index contributed by atoms with van der Waals surface area (Å²) in [6, 6.07) is 0. The Bertz CT molecular complexity index is 389. The molecule has 1 N–H and O–H groups in total. The van der Waals surface area contributed by atoms with Crippen molar-refractivity contribution in [2.45, 2.75) is 19.3 Å². The van der Waals surface area contributed by atoms with E-state index >= 15 is 0 Å². The van der Waals surface area contributed by atoms with Gasteiger partial charge in [0, 0.05) is 13.1 Å². The number of hydrogen-bond acceptors (Lipinski definition) is 3. The molecule has 0 bridgehead atoms. The van der Waals surface area contributed by atoms with Crippen LogP contribution in [0, 0.1) is 0 Å². The van der Waals surface area contributed by atoms with E-state index in [1.165, 1.54) is 6.20 Å². The van der Waals surface area contributed by atoms with Crippen LogP contribution in [-0.4, -0.2) is 47.1 Å². The minimum Gasteiger partial charge on any atom is -0.471 e. The normalized spacial score (nSPS) is 15.6. The zero-order valence-corrected chi connectivity index (χ0v) is 9.16. The van der Waals surface area contributed by atoms with Crippen molar-refractivity contribution in [2.75, 3.05) is 19.7 Å². The standard InChI is InChI=1S/C10H13F2N3O2/c11-8(12)6-17-9-7(5-13-14-9)10(16)15-3-1-2-4-15/h5,8H,1-4,6H2,(H,13,14). The third-order valence-electron chi connectivity index (χ3n) is 2.58. The summed E-state index contributed by atoms with van der Waals surface area (Å²) in [5, 5.41) is 6.06. The lowest BCUT2D eigenvalue weighted by Gasteiger charge is -2.14. The number of hydrogen-bond donors (Lipinski definition) is 1. The van der Waals surface area contributed by atoms with Crippen LogP contribution in [0.1, 0.15) is 23.2 Å². The topological polar surface area (TPSA) is 58.2 Å². The summed E-state index contributed by atoms with van der Waals surface area (Å²) >= 11 is 0. The number of halogens is 2. The van der Waals surface area contributed by atoms with Crippen LogP contribution < -0.4 is 4.74 Å². The molecule has 1 aromatic heterocycles. The first-order valence-corrected chi connectivity index (χ1v) is 5.42. The number of carbonyl (C=O) groups excluding carboxylic acids is 1. The number of nitrogens with zero attached hydrogens (tertiary/aromatic N) is 2. The van der Waals surface area contributed by atoms with Gasteiger partial charge >= 0.3 is 0 Å². The first-order chi connectivity index (χ1) is 8.18. The van der Waals surface area contributed by atoms with E-state index in [2.05, 4.69) is 10.2 Å². The molecule has 0 unspecified atom stereocenters. The molecule has 1 fully saturated rings. The maximum Gasteiger partial charge on any atom is 0.272 e. The van der Waals surface area contributed by atoms with Crippen LogP contribution in [0.25, 0.3) is 0 Å². The highest BCUT2D eigenvalue weighted by atomic mass is 19.3. The van der Waals surface area contributed by atoms with E-state index in [-0.39, 0.29) is 17.4 Å². The molecule has 0 aromatic carbocycles. The van der Waals surface area contributed by atoms with Gasteiger partial charge in [0.15, 0.2) is 6.61 Å². The summed E-state index contributed by atoms with van der Waals surface area (Å²) in [6.07, 6.45) is 0.669. The number of alkyl halides is 2. The van der Waals surface area contributed by atoms with Gasteiger partial charge in [0.2, 0.25) is 5.88 Å². The lowest BCUT2D eigenvalue weighted by molar-refractivity contribution is 0.0727. The number of nitrogens with one attached hydrogen (secondary N) is 1. The van der Waals surface area contributed by atoms with E-state index in [0.717, 1.165) is 12.8 Å². The molecule has 94 valence electrons. The van der Waals surface area contributed by atoms with Crippen molar-refractivity contribution in [2.24, 2.45) is 0 Å². The predicted octanol–water partition coefficient (Wildman–Crippen LogP) is 1.29. The van der Waals surface area contributed by atoms with Crippen molar-refractivity contribution in [1.29, 1.82) is 0 Å². The average Bonchev–Trinajstić information content (AvgIpc) is 2.96. The minimum atomic E-state index is -2.58. The third-order valence-corrected chi connectivity index (χ3v) is 2.58.